The molecule has 21 heavy (non-hydrogen) atoms. The van der Waals surface area contributed by atoms with Crippen molar-refractivity contribution in [3.05, 3.63) is 11.3 Å². The van der Waals surface area contributed by atoms with E-state index in [1.165, 1.54) is 0 Å². The molecule has 0 fully saturated rings. The van der Waals surface area contributed by atoms with E-state index < -0.39 is 10.0 Å². The van der Waals surface area contributed by atoms with Gasteiger partial charge in [0.05, 0.1) is 0 Å². The zero-order chi connectivity index (χ0) is 16.0. The molecule has 122 valence electrons. The van der Waals surface area contributed by atoms with Crippen molar-refractivity contribution < 1.29 is 8.42 Å². The van der Waals surface area contributed by atoms with Gasteiger partial charge in [-0.2, -0.15) is 5.10 Å². The third-order valence-electron chi connectivity index (χ3n) is 3.65. The van der Waals surface area contributed by atoms with Crippen LogP contribution in [-0.4, -0.2) is 31.2 Å². The van der Waals surface area contributed by atoms with Gasteiger partial charge >= 0.3 is 0 Å². The summed E-state index contributed by atoms with van der Waals surface area (Å²) in [6.07, 6.45) is 1.86. The molecule has 1 heterocycles. The molecule has 0 aliphatic heterocycles. The minimum Gasteiger partial charge on any atom is -0.313 e. The van der Waals surface area contributed by atoms with E-state index in [2.05, 4.69) is 34.1 Å². The van der Waals surface area contributed by atoms with Gasteiger partial charge in [0, 0.05) is 23.8 Å². The molecular weight excluding hydrogens is 288 g/mol. The van der Waals surface area contributed by atoms with E-state index in [4.69, 9.17) is 0 Å². The predicted octanol–water partition coefficient (Wildman–Crippen LogP) is 1.93. The number of hydrogen-bond acceptors (Lipinski definition) is 4. The van der Waals surface area contributed by atoms with E-state index in [-0.39, 0.29) is 11.1 Å². The molecule has 3 N–H and O–H groups in total. The van der Waals surface area contributed by atoms with Crippen molar-refractivity contribution in [3.63, 3.8) is 0 Å². The van der Waals surface area contributed by atoms with Crippen LogP contribution in [0.1, 0.15) is 51.8 Å². The molecule has 1 aromatic rings. The number of aromatic nitrogens is 2. The van der Waals surface area contributed by atoms with Crippen LogP contribution in [0.5, 0.6) is 0 Å². The van der Waals surface area contributed by atoms with Gasteiger partial charge in [0.1, 0.15) is 0 Å². The first-order chi connectivity index (χ1) is 9.81. The molecule has 0 spiro atoms. The summed E-state index contributed by atoms with van der Waals surface area (Å²) in [5.74, 6) is 0.491. The van der Waals surface area contributed by atoms with Crippen LogP contribution < -0.4 is 10.0 Å². The fourth-order valence-electron chi connectivity index (χ4n) is 2.25. The van der Waals surface area contributed by atoms with Crippen LogP contribution >= 0.6 is 0 Å². The maximum absolute atomic E-state index is 12.5. The Morgan fingerprint density at radius 1 is 1.29 bits per heavy atom. The van der Waals surface area contributed by atoms with E-state index >= 15 is 0 Å². The molecule has 0 saturated heterocycles. The van der Waals surface area contributed by atoms with E-state index in [9.17, 15) is 8.42 Å². The van der Waals surface area contributed by atoms with Crippen molar-refractivity contribution in [2.45, 2.75) is 65.1 Å². The Hall–Kier alpha value is -0.920. The number of H-pyrrole nitrogens is 1. The summed E-state index contributed by atoms with van der Waals surface area (Å²) in [5.41, 5.74) is 1.49. The lowest BCUT2D eigenvalue weighted by Crippen LogP contribution is -2.34. The maximum atomic E-state index is 12.5. The number of nitrogens with zero attached hydrogens (tertiary/aromatic N) is 1. The molecule has 0 bridgehead atoms. The monoisotopic (exact) mass is 316 g/mol. The van der Waals surface area contributed by atoms with Crippen LogP contribution in [0, 0.1) is 12.8 Å². The highest BCUT2D eigenvalue weighted by Crippen LogP contribution is 2.18. The Morgan fingerprint density at radius 3 is 2.52 bits per heavy atom. The highest BCUT2D eigenvalue weighted by atomic mass is 32.2. The summed E-state index contributed by atoms with van der Waals surface area (Å²) >= 11 is 0. The van der Waals surface area contributed by atoms with Gasteiger partial charge in [-0.3, -0.25) is 5.10 Å². The Labute approximate surface area is 128 Å². The predicted molar refractivity (Wildman–Crippen MR) is 84.6 cm³/mol. The molecule has 7 heteroatoms. The molecule has 6 nitrogen and oxygen atoms in total. The SMILES string of the molecule is CCNCc1c(S(=O)(=O)NC(C)CC(C)CC)n[nH]c1C. The lowest BCUT2D eigenvalue weighted by Gasteiger charge is -2.17. The summed E-state index contributed by atoms with van der Waals surface area (Å²) in [4.78, 5) is 0. The summed E-state index contributed by atoms with van der Waals surface area (Å²) in [7, 11) is -3.59. The number of rotatable bonds is 9. The molecule has 2 unspecified atom stereocenters. The zero-order valence-electron chi connectivity index (χ0n) is 13.7. The average molecular weight is 316 g/mol. The van der Waals surface area contributed by atoms with E-state index in [1.54, 1.807) is 0 Å². The second-order valence-corrected chi connectivity index (χ2v) is 7.31. The van der Waals surface area contributed by atoms with Crippen LogP contribution in [0.3, 0.4) is 0 Å². The van der Waals surface area contributed by atoms with Gasteiger partial charge in [0.15, 0.2) is 5.03 Å². The fraction of sp³-hybridized carbons (Fsp3) is 0.786. The summed E-state index contributed by atoms with van der Waals surface area (Å²) in [6.45, 7) is 11.2. The number of sulfonamides is 1. The topological polar surface area (TPSA) is 86.9 Å². The molecule has 0 amide bonds. The summed E-state index contributed by atoms with van der Waals surface area (Å²) in [6, 6.07) is -0.103. The van der Waals surface area contributed by atoms with Crippen LogP contribution in [-0.2, 0) is 16.6 Å². The Kier molecular flexibility index (Phi) is 6.83. The van der Waals surface area contributed by atoms with Crippen LogP contribution in [0.4, 0.5) is 0 Å². The number of hydrogen-bond donors (Lipinski definition) is 3. The van der Waals surface area contributed by atoms with Crippen molar-refractivity contribution in [1.29, 1.82) is 0 Å². The van der Waals surface area contributed by atoms with Crippen LogP contribution in [0.15, 0.2) is 5.03 Å². The van der Waals surface area contributed by atoms with Gasteiger partial charge in [-0.25, -0.2) is 13.1 Å². The first kappa shape index (κ1) is 18.1. The van der Waals surface area contributed by atoms with Crippen LogP contribution in [0.25, 0.3) is 0 Å². The van der Waals surface area contributed by atoms with Gasteiger partial charge in [-0.15, -0.1) is 0 Å². The van der Waals surface area contributed by atoms with Gasteiger partial charge in [0.25, 0.3) is 10.0 Å². The second kappa shape index (κ2) is 7.91. The highest BCUT2D eigenvalue weighted by molar-refractivity contribution is 7.89. The summed E-state index contributed by atoms with van der Waals surface area (Å²) in [5, 5.41) is 10.0. The minimum absolute atomic E-state index is 0.103. The molecule has 0 aliphatic carbocycles. The number of nitrogens with one attached hydrogen (secondary N) is 3. The highest BCUT2D eigenvalue weighted by Gasteiger charge is 2.25. The molecule has 0 saturated carbocycles. The second-order valence-electron chi connectivity index (χ2n) is 5.68. The van der Waals surface area contributed by atoms with Gasteiger partial charge in [-0.05, 0) is 32.7 Å². The van der Waals surface area contributed by atoms with Crippen LogP contribution in [0.2, 0.25) is 0 Å². The van der Waals surface area contributed by atoms with Crippen molar-refractivity contribution in [1.82, 2.24) is 20.2 Å². The lowest BCUT2D eigenvalue weighted by atomic mass is 10.0. The van der Waals surface area contributed by atoms with E-state index in [1.807, 2.05) is 20.8 Å². The molecule has 1 rings (SSSR count). The molecule has 0 aliphatic rings. The minimum atomic E-state index is -3.59. The smallest absolute Gasteiger partial charge is 0.260 e. The molecular formula is C14H28N4O2S. The van der Waals surface area contributed by atoms with Crippen molar-refractivity contribution in [2.24, 2.45) is 5.92 Å². The van der Waals surface area contributed by atoms with Gasteiger partial charge in [-0.1, -0.05) is 27.2 Å². The molecule has 0 aromatic carbocycles. The third-order valence-corrected chi connectivity index (χ3v) is 5.21. The van der Waals surface area contributed by atoms with E-state index in [0.29, 0.717) is 18.0 Å². The molecule has 0 radical (unpaired) electrons. The lowest BCUT2D eigenvalue weighted by molar-refractivity contribution is 0.445. The van der Waals surface area contributed by atoms with Gasteiger partial charge in [0.2, 0.25) is 0 Å². The standard InChI is InChI=1S/C14H28N4O2S/c1-6-10(3)8-11(4)18-21(19,20)14-13(9-15-7-2)12(5)16-17-14/h10-11,15,18H,6-9H2,1-5H3,(H,16,17). The first-order valence-electron chi connectivity index (χ1n) is 7.58. The van der Waals surface area contributed by atoms with Crippen molar-refractivity contribution in [3.8, 4) is 0 Å². The first-order valence-corrected chi connectivity index (χ1v) is 9.06. The Balaban J connectivity index is 2.87. The molecule has 2 atom stereocenters. The third kappa shape index (κ3) is 5.09. The summed E-state index contributed by atoms with van der Waals surface area (Å²) < 4.78 is 27.7. The van der Waals surface area contributed by atoms with Crippen molar-refractivity contribution >= 4 is 10.0 Å². The quantitative estimate of drug-likeness (QED) is 0.649. The molecule has 1 aromatic heterocycles. The fourth-order valence-corrected chi connectivity index (χ4v) is 3.70. The normalized spacial score (nSPS) is 15.1. The maximum Gasteiger partial charge on any atom is 0.260 e. The van der Waals surface area contributed by atoms with Crippen molar-refractivity contribution in [2.75, 3.05) is 6.54 Å². The Bertz CT molecular complexity index is 539. The van der Waals surface area contributed by atoms with Gasteiger partial charge < -0.3 is 5.32 Å². The zero-order valence-corrected chi connectivity index (χ0v) is 14.5. The largest absolute Gasteiger partial charge is 0.313 e. The number of aromatic amines is 1. The average Bonchev–Trinajstić information content (AvgIpc) is 2.77. The van der Waals surface area contributed by atoms with E-state index in [0.717, 1.165) is 25.1 Å². The number of aryl methyl sites for hydroxylation is 1. The Morgan fingerprint density at radius 2 is 1.95 bits per heavy atom.